The van der Waals surface area contributed by atoms with E-state index in [0.29, 0.717) is 11.1 Å². The Morgan fingerprint density at radius 3 is 2.54 bits per heavy atom. The molecule has 1 aliphatic rings. The van der Waals surface area contributed by atoms with Crippen molar-refractivity contribution in [3.63, 3.8) is 0 Å². The summed E-state index contributed by atoms with van der Waals surface area (Å²) < 4.78 is 40.9. The van der Waals surface area contributed by atoms with Crippen LogP contribution in [0.25, 0.3) is 0 Å². The summed E-state index contributed by atoms with van der Waals surface area (Å²) in [6.07, 6.45) is -2.12. The van der Waals surface area contributed by atoms with Crippen LogP contribution < -0.4 is 15.1 Å². The average Bonchev–Trinajstić information content (AvgIpc) is 3.11. The first-order chi connectivity index (χ1) is 13.3. The third-order valence-electron chi connectivity index (χ3n) is 4.04. The minimum absolute atomic E-state index is 0.122. The first kappa shape index (κ1) is 19.7. The standard InChI is InChI=1S/C19H19F3N4O2/c1-13-8-9-26(25-13)16-5-3-15(4-6-16)18(27)24-11-14-2-7-17(23-10-14)28-12-19(20,21)22/h2-7,10H,8-9,11-12H2,1H3,(H,24,27). The lowest BCUT2D eigenvalue weighted by molar-refractivity contribution is -0.154. The number of anilines is 1. The molecule has 0 atom stereocenters. The van der Waals surface area contributed by atoms with Crippen LogP contribution in [0.4, 0.5) is 18.9 Å². The number of nitrogens with one attached hydrogen (secondary N) is 1. The molecule has 1 aromatic heterocycles. The monoisotopic (exact) mass is 392 g/mol. The maximum atomic E-state index is 12.3. The molecule has 28 heavy (non-hydrogen) atoms. The van der Waals surface area contributed by atoms with Crippen molar-refractivity contribution in [2.45, 2.75) is 26.1 Å². The van der Waals surface area contributed by atoms with E-state index >= 15 is 0 Å². The highest BCUT2D eigenvalue weighted by molar-refractivity contribution is 5.94. The molecule has 0 fully saturated rings. The number of alkyl halides is 3. The number of halogens is 3. The van der Waals surface area contributed by atoms with Gasteiger partial charge in [0, 0.05) is 43.0 Å². The van der Waals surface area contributed by atoms with E-state index in [1.165, 1.54) is 12.3 Å². The maximum Gasteiger partial charge on any atom is 0.422 e. The SMILES string of the molecule is CC1=NN(c2ccc(C(=O)NCc3ccc(OCC(F)(F)F)nc3)cc2)CC1. The second-order valence-corrected chi connectivity index (χ2v) is 6.35. The van der Waals surface area contributed by atoms with Gasteiger partial charge < -0.3 is 10.1 Å². The van der Waals surface area contributed by atoms with E-state index in [4.69, 9.17) is 0 Å². The molecular weight excluding hydrogens is 373 g/mol. The largest absolute Gasteiger partial charge is 0.468 e. The van der Waals surface area contributed by atoms with Crippen LogP contribution in [0, 0.1) is 0 Å². The molecule has 1 N–H and O–H groups in total. The first-order valence-corrected chi connectivity index (χ1v) is 8.64. The topological polar surface area (TPSA) is 66.8 Å². The van der Waals surface area contributed by atoms with Crippen LogP contribution in [0.15, 0.2) is 47.7 Å². The second kappa shape index (κ2) is 8.28. The molecule has 2 aromatic rings. The number of benzene rings is 1. The Morgan fingerprint density at radius 2 is 1.96 bits per heavy atom. The van der Waals surface area contributed by atoms with Gasteiger partial charge in [0.25, 0.3) is 5.91 Å². The number of aromatic nitrogens is 1. The number of hydrogen-bond donors (Lipinski definition) is 1. The number of amides is 1. The fraction of sp³-hybridized carbons (Fsp3) is 0.316. The van der Waals surface area contributed by atoms with Crippen molar-refractivity contribution in [2.75, 3.05) is 18.2 Å². The predicted molar refractivity (Wildman–Crippen MR) is 98.5 cm³/mol. The molecule has 9 heteroatoms. The van der Waals surface area contributed by atoms with Crippen molar-refractivity contribution in [1.82, 2.24) is 10.3 Å². The number of nitrogens with zero attached hydrogens (tertiary/aromatic N) is 3. The van der Waals surface area contributed by atoms with Crippen molar-refractivity contribution in [3.05, 3.63) is 53.7 Å². The van der Waals surface area contributed by atoms with E-state index in [0.717, 1.165) is 24.4 Å². The number of pyridine rings is 1. The Balaban J connectivity index is 1.51. The molecule has 0 saturated carbocycles. The van der Waals surface area contributed by atoms with Crippen LogP contribution in [0.5, 0.6) is 5.88 Å². The lowest BCUT2D eigenvalue weighted by Crippen LogP contribution is -2.23. The summed E-state index contributed by atoms with van der Waals surface area (Å²) in [7, 11) is 0. The average molecular weight is 392 g/mol. The molecule has 0 unspecified atom stereocenters. The van der Waals surface area contributed by atoms with Gasteiger partial charge in [0.2, 0.25) is 5.88 Å². The van der Waals surface area contributed by atoms with E-state index in [1.807, 2.05) is 24.1 Å². The smallest absolute Gasteiger partial charge is 0.422 e. The molecule has 148 valence electrons. The zero-order valence-electron chi connectivity index (χ0n) is 15.2. The summed E-state index contributed by atoms with van der Waals surface area (Å²) in [5, 5.41) is 9.05. The van der Waals surface area contributed by atoms with Crippen LogP contribution in [-0.2, 0) is 6.54 Å². The summed E-state index contributed by atoms with van der Waals surface area (Å²) >= 11 is 0. The molecule has 6 nitrogen and oxygen atoms in total. The zero-order valence-corrected chi connectivity index (χ0v) is 15.2. The van der Waals surface area contributed by atoms with Crippen LogP contribution >= 0.6 is 0 Å². The van der Waals surface area contributed by atoms with Gasteiger partial charge in [-0.25, -0.2) is 4.98 Å². The highest BCUT2D eigenvalue weighted by Crippen LogP contribution is 2.20. The molecule has 1 aromatic carbocycles. The highest BCUT2D eigenvalue weighted by atomic mass is 19.4. The van der Waals surface area contributed by atoms with Gasteiger partial charge in [-0.2, -0.15) is 18.3 Å². The molecule has 1 amide bonds. The number of ether oxygens (including phenoxy) is 1. The molecule has 0 saturated heterocycles. The van der Waals surface area contributed by atoms with Crippen molar-refractivity contribution in [1.29, 1.82) is 0 Å². The minimum Gasteiger partial charge on any atom is -0.468 e. The predicted octanol–water partition coefficient (Wildman–Crippen LogP) is 3.54. The minimum atomic E-state index is -4.41. The summed E-state index contributed by atoms with van der Waals surface area (Å²) in [6, 6.07) is 10.0. The van der Waals surface area contributed by atoms with Gasteiger partial charge in [-0.15, -0.1) is 0 Å². The van der Waals surface area contributed by atoms with Crippen molar-refractivity contribution < 1.29 is 22.7 Å². The van der Waals surface area contributed by atoms with Crippen LogP contribution in [0.3, 0.4) is 0 Å². The lowest BCUT2D eigenvalue weighted by Gasteiger charge is -2.14. The van der Waals surface area contributed by atoms with Crippen LogP contribution in [-0.4, -0.2) is 35.9 Å². The second-order valence-electron chi connectivity index (χ2n) is 6.35. The molecule has 0 spiro atoms. The Hall–Kier alpha value is -3.10. The molecule has 3 rings (SSSR count). The summed E-state index contributed by atoms with van der Waals surface area (Å²) in [4.78, 5) is 16.1. The van der Waals surface area contributed by atoms with Crippen molar-refractivity contribution >= 4 is 17.3 Å². The Morgan fingerprint density at radius 1 is 1.21 bits per heavy atom. The van der Waals surface area contributed by atoms with Gasteiger partial charge in [0.15, 0.2) is 6.61 Å². The summed E-state index contributed by atoms with van der Waals surface area (Å²) in [5.41, 5.74) is 3.14. The molecule has 0 radical (unpaired) electrons. The molecular formula is C19H19F3N4O2. The van der Waals surface area contributed by atoms with Crippen molar-refractivity contribution in [3.8, 4) is 5.88 Å². The number of carbonyl (C=O) groups is 1. The van der Waals surface area contributed by atoms with Gasteiger partial charge in [0.1, 0.15) is 0 Å². The van der Waals surface area contributed by atoms with E-state index < -0.39 is 12.8 Å². The Labute approximate surface area is 160 Å². The summed E-state index contributed by atoms with van der Waals surface area (Å²) in [6.45, 7) is 1.61. The first-order valence-electron chi connectivity index (χ1n) is 8.64. The van der Waals surface area contributed by atoms with Gasteiger partial charge in [-0.3, -0.25) is 9.80 Å². The van der Waals surface area contributed by atoms with E-state index in [1.54, 1.807) is 18.2 Å². The van der Waals surface area contributed by atoms with E-state index in [-0.39, 0.29) is 18.3 Å². The quantitative estimate of drug-likeness (QED) is 0.817. The molecule has 1 aliphatic heterocycles. The Bertz CT molecular complexity index is 849. The van der Waals surface area contributed by atoms with Gasteiger partial charge in [-0.1, -0.05) is 6.07 Å². The lowest BCUT2D eigenvalue weighted by atomic mass is 10.2. The Kier molecular flexibility index (Phi) is 5.81. The maximum absolute atomic E-state index is 12.3. The fourth-order valence-electron chi connectivity index (χ4n) is 2.59. The van der Waals surface area contributed by atoms with E-state index in [9.17, 15) is 18.0 Å². The summed E-state index contributed by atoms with van der Waals surface area (Å²) in [5.74, 6) is -0.382. The van der Waals surface area contributed by atoms with Crippen LogP contribution in [0.2, 0.25) is 0 Å². The third-order valence-corrected chi connectivity index (χ3v) is 4.04. The van der Waals surface area contributed by atoms with Crippen LogP contribution in [0.1, 0.15) is 29.3 Å². The third kappa shape index (κ3) is 5.45. The number of rotatable bonds is 6. The molecule has 0 bridgehead atoms. The van der Waals surface area contributed by atoms with Gasteiger partial charge in [-0.05, 0) is 36.8 Å². The van der Waals surface area contributed by atoms with Gasteiger partial charge in [0.05, 0.1) is 5.69 Å². The normalized spacial score (nSPS) is 14.0. The number of hydrogen-bond acceptors (Lipinski definition) is 5. The van der Waals surface area contributed by atoms with Crippen molar-refractivity contribution in [2.24, 2.45) is 5.10 Å². The van der Waals surface area contributed by atoms with Gasteiger partial charge >= 0.3 is 6.18 Å². The number of hydrazone groups is 1. The highest BCUT2D eigenvalue weighted by Gasteiger charge is 2.28. The molecule has 0 aliphatic carbocycles. The molecule has 2 heterocycles. The van der Waals surface area contributed by atoms with E-state index in [2.05, 4.69) is 20.1 Å². The number of carbonyl (C=O) groups excluding carboxylic acids is 1. The zero-order chi connectivity index (χ0) is 20.1. The fourth-order valence-corrected chi connectivity index (χ4v) is 2.59.